The van der Waals surface area contributed by atoms with Gasteiger partial charge in [-0.15, -0.1) is 0 Å². The Morgan fingerprint density at radius 2 is 1.38 bits per heavy atom. The van der Waals surface area contributed by atoms with Gasteiger partial charge in [-0.2, -0.15) is 0 Å². The summed E-state index contributed by atoms with van der Waals surface area (Å²) < 4.78 is 0. The average Bonchev–Trinajstić information content (AvgIpc) is 2.42. The number of nitrogens with zero attached hydrogens (tertiary/aromatic N) is 3. The van der Waals surface area contributed by atoms with Crippen LogP contribution in [0.5, 0.6) is 0 Å². The van der Waals surface area contributed by atoms with Crippen LogP contribution in [0.2, 0.25) is 0 Å². The zero-order chi connectivity index (χ0) is 15.2. The molecule has 21 heavy (non-hydrogen) atoms. The highest BCUT2D eigenvalue weighted by Crippen LogP contribution is 2.10. The molecule has 0 aromatic carbocycles. The van der Waals surface area contributed by atoms with Crippen molar-refractivity contribution in [3.05, 3.63) is 28.6 Å². The molecule has 114 valence electrons. The predicted molar refractivity (Wildman–Crippen MR) is 89.9 cm³/mol. The fourth-order valence-corrected chi connectivity index (χ4v) is 2.53. The second-order valence-corrected chi connectivity index (χ2v) is 6.01. The molecule has 0 radical (unpaired) electrons. The van der Waals surface area contributed by atoms with Crippen molar-refractivity contribution in [2.24, 2.45) is 9.98 Å². The fraction of sp³-hybridized carbons (Fsp3) is 0.588. The molecule has 1 aliphatic rings. The van der Waals surface area contributed by atoms with Gasteiger partial charge in [0.1, 0.15) is 0 Å². The molecule has 0 unspecified atom stereocenters. The number of aliphatic imine (C=N–C) groups is 2. The van der Waals surface area contributed by atoms with Crippen LogP contribution in [0.1, 0.15) is 49.2 Å². The van der Waals surface area contributed by atoms with Gasteiger partial charge in [0, 0.05) is 37.6 Å². The predicted octanol–water partition coefficient (Wildman–Crippen LogP) is 2.70. The first kappa shape index (κ1) is 15.8. The van der Waals surface area contributed by atoms with Crippen LogP contribution in [0.3, 0.4) is 0 Å². The zero-order valence-electron chi connectivity index (χ0n) is 13.6. The smallest absolute Gasteiger partial charge is 0.0845 e. The van der Waals surface area contributed by atoms with E-state index < -0.39 is 0 Å². The molecule has 0 aliphatic carbocycles. The first-order valence-electron chi connectivity index (χ1n) is 7.80. The van der Waals surface area contributed by atoms with Crippen LogP contribution < -0.4 is 5.32 Å². The molecule has 2 rings (SSSR count). The van der Waals surface area contributed by atoms with Gasteiger partial charge in [0.15, 0.2) is 0 Å². The first-order chi connectivity index (χ1) is 10.1. The maximum absolute atomic E-state index is 4.68. The summed E-state index contributed by atoms with van der Waals surface area (Å²) in [5, 5.41) is 3.60. The van der Waals surface area contributed by atoms with Gasteiger partial charge in [-0.25, -0.2) is 4.98 Å². The number of aromatic nitrogens is 1. The number of hydrogen-bond acceptors (Lipinski definition) is 4. The third-order valence-corrected chi connectivity index (χ3v) is 3.86. The molecule has 0 amide bonds. The van der Waals surface area contributed by atoms with E-state index in [4.69, 9.17) is 0 Å². The van der Waals surface area contributed by atoms with E-state index in [1.165, 1.54) is 11.1 Å². The summed E-state index contributed by atoms with van der Waals surface area (Å²) in [6.45, 7) is 10.3. The van der Waals surface area contributed by atoms with E-state index >= 15 is 0 Å². The van der Waals surface area contributed by atoms with Gasteiger partial charge in [0.2, 0.25) is 0 Å². The molecule has 1 aliphatic heterocycles. The molecule has 0 saturated heterocycles. The minimum atomic E-state index is 0.478. The van der Waals surface area contributed by atoms with E-state index in [1.807, 2.05) is 12.4 Å². The van der Waals surface area contributed by atoms with Crippen LogP contribution in [-0.4, -0.2) is 42.6 Å². The highest BCUT2D eigenvalue weighted by atomic mass is 14.9. The SMILES string of the molecule is Cc1cc(C)c2nc1C=NCC[C@@H](C)N[C@H](C)CCN=C2. The summed E-state index contributed by atoms with van der Waals surface area (Å²) >= 11 is 0. The number of hydrogen-bond donors (Lipinski definition) is 1. The standard InChI is InChI=1S/C17H26N4/c1-12-9-13(2)17-11-19-8-6-15(4)20-14(3)5-7-18-10-16(12)21-17/h9-11,14-15,20H,5-8H2,1-4H3/t14-,15-/m1/s1. The monoisotopic (exact) mass is 286 g/mol. The summed E-state index contributed by atoms with van der Waals surface area (Å²) in [7, 11) is 0. The Kier molecular flexibility index (Phi) is 5.62. The van der Waals surface area contributed by atoms with Gasteiger partial charge < -0.3 is 5.32 Å². The molecule has 2 bridgehead atoms. The van der Waals surface area contributed by atoms with Crippen molar-refractivity contribution in [3.8, 4) is 0 Å². The first-order valence-corrected chi connectivity index (χ1v) is 7.80. The molecule has 2 atom stereocenters. The van der Waals surface area contributed by atoms with Crippen molar-refractivity contribution in [1.82, 2.24) is 10.3 Å². The van der Waals surface area contributed by atoms with Gasteiger partial charge >= 0.3 is 0 Å². The lowest BCUT2D eigenvalue weighted by molar-refractivity contribution is 0.436. The average molecular weight is 286 g/mol. The highest BCUT2D eigenvalue weighted by Gasteiger charge is 2.08. The van der Waals surface area contributed by atoms with E-state index in [1.54, 1.807) is 0 Å². The highest BCUT2D eigenvalue weighted by molar-refractivity contribution is 5.84. The summed E-state index contributed by atoms with van der Waals surface area (Å²) in [6, 6.07) is 3.12. The van der Waals surface area contributed by atoms with Crippen LogP contribution in [0.4, 0.5) is 0 Å². The zero-order valence-corrected chi connectivity index (χ0v) is 13.6. The maximum atomic E-state index is 4.68. The number of pyridine rings is 1. The fourth-order valence-electron chi connectivity index (χ4n) is 2.53. The third kappa shape index (κ3) is 4.74. The second-order valence-electron chi connectivity index (χ2n) is 6.01. The van der Waals surface area contributed by atoms with Gasteiger partial charge in [-0.3, -0.25) is 9.98 Å². The Morgan fingerprint density at radius 3 is 1.86 bits per heavy atom. The minimum absolute atomic E-state index is 0.478. The summed E-state index contributed by atoms with van der Waals surface area (Å²) in [6.07, 6.45) is 5.88. The third-order valence-electron chi connectivity index (χ3n) is 3.86. The molecule has 4 heteroatoms. The minimum Gasteiger partial charge on any atom is -0.312 e. The normalized spacial score (nSPS) is 23.8. The molecule has 4 nitrogen and oxygen atoms in total. The molecular formula is C17H26N4. The lowest BCUT2D eigenvalue weighted by Crippen LogP contribution is -2.35. The Balaban J connectivity index is 2.25. The van der Waals surface area contributed by atoms with Crippen molar-refractivity contribution in [1.29, 1.82) is 0 Å². The summed E-state index contributed by atoms with van der Waals surface area (Å²) in [5.74, 6) is 0. The quantitative estimate of drug-likeness (QED) is 0.797. The summed E-state index contributed by atoms with van der Waals surface area (Å²) in [5.41, 5.74) is 4.24. The van der Waals surface area contributed by atoms with Crippen LogP contribution in [0.15, 0.2) is 16.1 Å². The van der Waals surface area contributed by atoms with Crippen molar-refractivity contribution in [2.45, 2.75) is 52.6 Å². The van der Waals surface area contributed by atoms with Gasteiger partial charge in [0.05, 0.1) is 11.4 Å². The number of fused-ring (bicyclic) bond motifs is 2. The molecule has 0 saturated carbocycles. The van der Waals surface area contributed by atoms with Crippen LogP contribution >= 0.6 is 0 Å². The summed E-state index contributed by atoms with van der Waals surface area (Å²) in [4.78, 5) is 13.7. The molecule has 2 heterocycles. The van der Waals surface area contributed by atoms with E-state index in [2.05, 4.69) is 54.0 Å². The Hall–Kier alpha value is -1.55. The second kappa shape index (κ2) is 7.46. The number of nitrogens with one attached hydrogen (secondary N) is 1. The molecule has 1 aromatic rings. The number of rotatable bonds is 0. The molecule has 1 N–H and O–H groups in total. The van der Waals surface area contributed by atoms with Gasteiger partial charge in [-0.05, 0) is 51.7 Å². The van der Waals surface area contributed by atoms with Crippen LogP contribution in [0, 0.1) is 13.8 Å². The Morgan fingerprint density at radius 1 is 0.905 bits per heavy atom. The topological polar surface area (TPSA) is 49.6 Å². The Bertz CT molecular complexity index is 491. The molecular weight excluding hydrogens is 260 g/mol. The van der Waals surface area contributed by atoms with E-state index in [0.717, 1.165) is 37.3 Å². The van der Waals surface area contributed by atoms with Crippen molar-refractivity contribution in [3.63, 3.8) is 0 Å². The van der Waals surface area contributed by atoms with E-state index in [0.29, 0.717) is 12.1 Å². The van der Waals surface area contributed by atoms with Crippen molar-refractivity contribution in [2.75, 3.05) is 13.1 Å². The number of aryl methyl sites for hydroxylation is 2. The van der Waals surface area contributed by atoms with Gasteiger partial charge in [0.25, 0.3) is 0 Å². The molecule has 0 fully saturated rings. The van der Waals surface area contributed by atoms with Crippen molar-refractivity contribution >= 4 is 12.4 Å². The largest absolute Gasteiger partial charge is 0.312 e. The maximum Gasteiger partial charge on any atom is 0.0845 e. The lowest BCUT2D eigenvalue weighted by Gasteiger charge is -2.18. The lowest BCUT2D eigenvalue weighted by atomic mass is 10.1. The molecule has 0 spiro atoms. The molecule has 1 aromatic heterocycles. The van der Waals surface area contributed by atoms with E-state index in [9.17, 15) is 0 Å². The van der Waals surface area contributed by atoms with E-state index in [-0.39, 0.29) is 0 Å². The Labute approximate surface area is 127 Å². The van der Waals surface area contributed by atoms with Gasteiger partial charge in [-0.1, -0.05) is 6.07 Å². The van der Waals surface area contributed by atoms with Crippen molar-refractivity contribution < 1.29 is 0 Å². The van der Waals surface area contributed by atoms with Crippen LogP contribution in [0.25, 0.3) is 0 Å². The van der Waals surface area contributed by atoms with Crippen LogP contribution in [-0.2, 0) is 0 Å².